The quantitative estimate of drug-likeness (QED) is 0.903. The molecule has 2 aromatic carbocycles. The number of amides is 2. The largest absolute Gasteiger partial charge is 0.326 e. The van der Waals surface area contributed by atoms with Gasteiger partial charge in [-0.3, -0.25) is 9.59 Å². The van der Waals surface area contributed by atoms with Crippen molar-refractivity contribution < 1.29 is 9.59 Å². The van der Waals surface area contributed by atoms with Crippen molar-refractivity contribution in [1.29, 1.82) is 5.26 Å². The molecule has 6 heteroatoms. The van der Waals surface area contributed by atoms with Crippen LogP contribution in [0.2, 0.25) is 5.02 Å². The Labute approximate surface area is 145 Å². The van der Waals surface area contributed by atoms with Crippen molar-refractivity contribution in [2.75, 3.05) is 16.8 Å². The summed E-state index contributed by atoms with van der Waals surface area (Å²) in [7, 11) is 0. The summed E-state index contributed by atoms with van der Waals surface area (Å²) in [5.41, 5.74) is 1.79. The molecular formula is C18H16ClN3O2. The second kappa shape index (κ2) is 8.14. The molecule has 2 rings (SSSR count). The highest BCUT2D eigenvalue weighted by molar-refractivity contribution is 6.30. The van der Waals surface area contributed by atoms with E-state index in [-0.39, 0.29) is 24.8 Å². The van der Waals surface area contributed by atoms with E-state index in [1.54, 1.807) is 48.5 Å². The average Bonchev–Trinajstić information content (AvgIpc) is 2.55. The Morgan fingerprint density at radius 3 is 2.50 bits per heavy atom. The lowest BCUT2D eigenvalue weighted by atomic mass is 10.2. The molecule has 0 fully saturated rings. The molecule has 0 atom stereocenters. The zero-order chi connectivity index (χ0) is 17.5. The van der Waals surface area contributed by atoms with E-state index in [1.807, 2.05) is 6.07 Å². The minimum absolute atomic E-state index is 0.145. The maximum atomic E-state index is 12.1. The van der Waals surface area contributed by atoms with E-state index >= 15 is 0 Å². The first-order chi connectivity index (χ1) is 11.5. The maximum Gasteiger partial charge on any atom is 0.226 e. The van der Waals surface area contributed by atoms with Crippen LogP contribution in [0.15, 0.2) is 48.5 Å². The molecular weight excluding hydrogens is 326 g/mol. The molecule has 0 saturated carbocycles. The predicted molar refractivity (Wildman–Crippen MR) is 93.9 cm³/mol. The topological polar surface area (TPSA) is 73.2 Å². The Morgan fingerprint density at radius 1 is 1.21 bits per heavy atom. The smallest absolute Gasteiger partial charge is 0.226 e. The van der Waals surface area contributed by atoms with Crippen molar-refractivity contribution in [2.24, 2.45) is 0 Å². The first kappa shape index (κ1) is 17.5. The van der Waals surface area contributed by atoms with Crippen molar-refractivity contribution in [1.82, 2.24) is 0 Å². The standard InChI is InChI=1S/C18H16ClN3O2/c1-13(23)22(17-4-2-3-15(19)11-17)10-9-18(24)21-16-7-5-14(12-20)6-8-16/h2-8,11H,9-10H2,1H3,(H,21,24). The molecule has 24 heavy (non-hydrogen) atoms. The summed E-state index contributed by atoms with van der Waals surface area (Å²) < 4.78 is 0. The molecule has 0 radical (unpaired) electrons. The first-order valence-electron chi connectivity index (χ1n) is 7.33. The molecule has 2 amide bonds. The second-order valence-corrected chi connectivity index (χ2v) is 5.57. The number of rotatable bonds is 5. The number of carbonyl (C=O) groups is 2. The SMILES string of the molecule is CC(=O)N(CCC(=O)Nc1ccc(C#N)cc1)c1cccc(Cl)c1. The van der Waals surface area contributed by atoms with Gasteiger partial charge in [0.05, 0.1) is 11.6 Å². The number of nitrogens with zero attached hydrogens (tertiary/aromatic N) is 2. The van der Waals surface area contributed by atoms with Gasteiger partial charge in [0.2, 0.25) is 11.8 Å². The number of nitrogens with one attached hydrogen (secondary N) is 1. The molecule has 5 nitrogen and oxygen atoms in total. The Morgan fingerprint density at radius 2 is 1.92 bits per heavy atom. The fraction of sp³-hybridized carbons (Fsp3) is 0.167. The van der Waals surface area contributed by atoms with Crippen LogP contribution in [0.3, 0.4) is 0 Å². The van der Waals surface area contributed by atoms with Crippen LogP contribution in [-0.4, -0.2) is 18.4 Å². The highest BCUT2D eigenvalue weighted by Gasteiger charge is 2.14. The fourth-order valence-electron chi connectivity index (χ4n) is 2.18. The molecule has 2 aromatic rings. The molecule has 0 aromatic heterocycles. The number of carbonyl (C=O) groups excluding carboxylic acids is 2. The van der Waals surface area contributed by atoms with E-state index in [1.165, 1.54) is 11.8 Å². The summed E-state index contributed by atoms with van der Waals surface area (Å²) in [6.07, 6.45) is 0.145. The van der Waals surface area contributed by atoms with Crippen molar-refractivity contribution >= 4 is 34.8 Å². The van der Waals surface area contributed by atoms with E-state index in [0.29, 0.717) is 22.0 Å². The van der Waals surface area contributed by atoms with Crippen LogP contribution in [0.25, 0.3) is 0 Å². The van der Waals surface area contributed by atoms with Gasteiger partial charge in [0.15, 0.2) is 0 Å². The predicted octanol–water partition coefficient (Wildman–Crippen LogP) is 3.59. The minimum atomic E-state index is -0.215. The third-order valence-corrected chi connectivity index (χ3v) is 3.60. The van der Waals surface area contributed by atoms with Crippen LogP contribution in [0.1, 0.15) is 18.9 Å². The number of hydrogen-bond donors (Lipinski definition) is 1. The summed E-state index contributed by atoms with van der Waals surface area (Å²) in [5.74, 6) is -0.378. The first-order valence-corrected chi connectivity index (χ1v) is 7.71. The van der Waals surface area contributed by atoms with Crippen molar-refractivity contribution in [3.8, 4) is 6.07 Å². The summed E-state index contributed by atoms with van der Waals surface area (Å²) in [5, 5.41) is 12.0. The van der Waals surface area contributed by atoms with Gasteiger partial charge in [-0.15, -0.1) is 0 Å². The lowest BCUT2D eigenvalue weighted by Gasteiger charge is -2.21. The van der Waals surface area contributed by atoms with E-state index in [4.69, 9.17) is 16.9 Å². The normalized spacial score (nSPS) is 9.88. The van der Waals surface area contributed by atoms with E-state index in [2.05, 4.69) is 5.32 Å². The van der Waals surface area contributed by atoms with E-state index in [9.17, 15) is 9.59 Å². The van der Waals surface area contributed by atoms with Gasteiger partial charge in [-0.25, -0.2) is 0 Å². The zero-order valence-corrected chi connectivity index (χ0v) is 13.9. The summed E-state index contributed by atoms with van der Waals surface area (Å²) in [6.45, 7) is 1.69. The Hall–Kier alpha value is -2.84. The Balaban J connectivity index is 1.97. The number of halogens is 1. The molecule has 0 aliphatic rings. The molecule has 1 N–H and O–H groups in total. The average molecular weight is 342 g/mol. The van der Waals surface area contributed by atoms with Crippen LogP contribution in [0.5, 0.6) is 0 Å². The molecule has 0 spiro atoms. The number of anilines is 2. The van der Waals surface area contributed by atoms with Gasteiger partial charge < -0.3 is 10.2 Å². The molecule has 122 valence electrons. The molecule has 0 saturated heterocycles. The van der Waals surface area contributed by atoms with Crippen LogP contribution < -0.4 is 10.2 Å². The van der Waals surface area contributed by atoms with Crippen molar-refractivity contribution in [3.05, 3.63) is 59.1 Å². The molecule has 0 bridgehead atoms. The highest BCUT2D eigenvalue weighted by atomic mass is 35.5. The van der Waals surface area contributed by atoms with Gasteiger partial charge in [0.25, 0.3) is 0 Å². The molecule has 0 aliphatic carbocycles. The van der Waals surface area contributed by atoms with Crippen LogP contribution in [0.4, 0.5) is 11.4 Å². The van der Waals surface area contributed by atoms with Crippen LogP contribution in [-0.2, 0) is 9.59 Å². The lowest BCUT2D eigenvalue weighted by molar-refractivity contribution is -0.117. The fourth-order valence-corrected chi connectivity index (χ4v) is 2.36. The highest BCUT2D eigenvalue weighted by Crippen LogP contribution is 2.20. The van der Waals surface area contributed by atoms with Crippen molar-refractivity contribution in [3.63, 3.8) is 0 Å². The van der Waals surface area contributed by atoms with Crippen LogP contribution in [0, 0.1) is 11.3 Å². The van der Waals surface area contributed by atoms with E-state index < -0.39 is 0 Å². The third kappa shape index (κ3) is 4.83. The number of hydrogen-bond acceptors (Lipinski definition) is 3. The molecule has 0 heterocycles. The summed E-state index contributed by atoms with van der Waals surface area (Å²) in [6, 6.07) is 15.5. The zero-order valence-electron chi connectivity index (χ0n) is 13.1. The van der Waals surface area contributed by atoms with Crippen LogP contribution >= 0.6 is 11.6 Å². The summed E-state index contributed by atoms with van der Waals surface area (Å²) in [4.78, 5) is 25.4. The number of benzene rings is 2. The van der Waals surface area contributed by atoms with E-state index in [0.717, 1.165) is 0 Å². The Kier molecular flexibility index (Phi) is 5.94. The Bertz CT molecular complexity index is 782. The lowest BCUT2D eigenvalue weighted by Crippen LogP contribution is -2.31. The van der Waals surface area contributed by atoms with Gasteiger partial charge in [0, 0.05) is 36.3 Å². The monoisotopic (exact) mass is 341 g/mol. The maximum absolute atomic E-state index is 12.1. The molecule has 0 unspecified atom stereocenters. The number of nitriles is 1. The van der Waals surface area contributed by atoms with Gasteiger partial charge in [-0.1, -0.05) is 17.7 Å². The molecule has 0 aliphatic heterocycles. The van der Waals surface area contributed by atoms with Gasteiger partial charge >= 0.3 is 0 Å². The van der Waals surface area contributed by atoms with Gasteiger partial charge in [-0.2, -0.15) is 5.26 Å². The van der Waals surface area contributed by atoms with Gasteiger partial charge in [0.1, 0.15) is 0 Å². The third-order valence-electron chi connectivity index (χ3n) is 3.36. The van der Waals surface area contributed by atoms with Crippen molar-refractivity contribution in [2.45, 2.75) is 13.3 Å². The second-order valence-electron chi connectivity index (χ2n) is 5.14. The summed E-state index contributed by atoms with van der Waals surface area (Å²) >= 11 is 5.95. The minimum Gasteiger partial charge on any atom is -0.326 e. The van der Waals surface area contributed by atoms with Gasteiger partial charge in [-0.05, 0) is 42.5 Å².